The van der Waals surface area contributed by atoms with Crippen LogP contribution in [-0.4, -0.2) is 0 Å². The van der Waals surface area contributed by atoms with Gasteiger partial charge in [0.1, 0.15) is 22.3 Å². The Labute approximate surface area is 275 Å². The smallest absolute Gasteiger partial charge is 0.143 e. The molecule has 0 aliphatic heterocycles. The molecule has 2 aromatic heterocycles. The topological polar surface area (TPSA) is 26.3 Å². The number of benzene rings is 9. The summed E-state index contributed by atoms with van der Waals surface area (Å²) in [7, 11) is 0. The number of rotatable bonds is 2. The molecular formula is C46H26O2. The van der Waals surface area contributed by atoms with Gasteiger partial charge >= 0.3 is 0 Å². The van der Waals surface area contributed by atoms with Gasteiger partial charge in [-0.2, -0.15) is 0 Å². The summed E-state index contributed by atoms with van der Waals surface area (Å²) in [5.74, 6) is 0. The van der Waals surface area contributed by atoms with Crippen molar-refractivity contribution in [1.29, 1.82) is 0 Å². The molecule has 0 fully saturated rings. The number of hydrogen-bond donors (Lipinski definition) is 0. The van der Waals surface area contributed by atoms with E-state index in [1.807, 2.05) is 0 Å². The molecule has 11 rings (SSSR count). The van der Waals surface area contributed by atoms with E-state index in [4.69, 9.17) is 8.83 Å². The number of furan rings is 2. The van der Waals surface area contributed by atoms with E-state index in [1.54, 1.807) is 0 Å². The van der Waals surface area contributed by atoms with Crippen LogP contribution in [0.3, 0.4) is 0 Å². The third kappa shape index (κ3) is 3.52. The fraction of sp³-hybridized carbons (Fsp3) is 0. The summed E-state index contributed by atoms with van der Waals surface area (Å²) in [6.45, 7) is 0. The Bertz CT molecular complexity index is 2910. The van der Waals surface area contributed by atoms with Gasteiger partial charge in [-0.1, -0.05) is 127 Å². The number of hydrogen-bond acceptors (Lipinski definition) is 2. The predicted molar refractivity (Wildman–Crippen MR) is 202 cm³/mol. The first-order valence-corrected chi connectivity index (χ1v) is 16.4. The molecule has 0 spiro atoms. The highest BCUT2D eigenvalue weighted by atomic mass is 16.3. The molecule has 0 amide bonds. The molecule has 222 valence electrons. The molecule has 2 heteroatoms. The van der Waals surface area contributed by atoms with E-state index in [9.17, 15) is 0 Å². The molecule has 0 radical (unpaired) electrons. The lowest BCUT2D eigenvalue weighted by atomic mass is 9.92. The first-order valence-electron chi connectivity index (χ1n) is 16.4. The molecular weight excluding hydrogens is 585 g/mol. The Morgan fingerprint density at radius 2 is 0.688 bits per heavy atom. The van der Waals surface area contributed by atoms with Gasteiger partial charge in [0.25, 0.3) is 0 Å². The van der Waals surface area contributed by atoms with E-state index in [-0.39, 0.29) is 0 Å². The lowest BCUT2D eigenvalue weighted by Gasteiger charge is -2.11. The zero-order chi connectivity index (χ0) is 31.3. The molecule has 2 nitrogen and oxygen atoms in total. The van der Waals surface area contributed by atoms with E-state index >= 15 is 0 Å². The lowest BCUT2D eigenvalue weighted by Crippen LogP contribution is -1.86. The molecule has 0 N–H and O–H groups in total. The van der Waals surface area contributed by atoms with Gasteiger partial charge in [-0.05, 0) is 84.5 Å². The van der Waals surface area contributed by atoms with Gasteiger partial charge in [0.15, 0.2) is 0 Å². The standard InChI is InChI=1S/C46H26O2/c1-5-16-33-27(10-1)20-22-39-41(33)43-35-18-7-3-12-31(35)25-37(45(43)47-39)29-14-9-15-30(24-29)38-26-32-13-4-8-19-36(32)44-42-34-17-6-2-11-28(34)21-23-40(42)48-46(38)44/h1-26H. The van der Waals surface area contributed by atoms with E-state index < -0.39 is 0 Å². The van der Waals surface area contributed by atoms with Crippen LogP contribution in [0.1, 0.15) is 0 Å². The van der Waals surface area contributed by atoms with Crippen LogP contribution in [0.5, 0.6) is 0 Å². The van der Waals surface area contributed by atoms with Crippen LogP contribution in [0.2, 0.25) is 0 Å². The Morgan fingerprint density at radius 1 is 0.292 bits per heavy atom. The van der Waals surface area contributed by atoms with Crippen molar-refractivity contribution >= 4 is 87.0 Å². The van der Waals surface area contributed by atoms with Crippen LogP contribution in [0, 0.1) is 0 Å². The van der Waals surface area contributed by atoms with Crippen LogP contribution in [0.25, 0.3) is 109 Å². The van der Waals surface area contributed by atoms with Crippen molar-refractivity contribution in [3.8, 4) is 22.3 Å². The Balaban J connectivity index is 1.22. The number of fused-ring (bicyclic) bond motifs is 14. The van der Waals surface area contributed by atoms with Gasteiger partial charge in [0.05, 0.1) is 0 Å². The van der Waals surface area contributed by atoms with Crippen LogP contribution in [0.15, 0.2) is 167 Å². The van der Waals surface area contributed by atoms with Crippen LogP contribution >= 0.6 is 0 Å². The quantitative estimate of drug-likeness (QED) is 0.195. The van der Waals surface area contributed by atoms with Crippen LogP contribution < -0.4 is 0 Å². The average Bonchev–Trinajstić information content (AvgIpc) is 3.75. The van der Waals surface area contributed by atoms with Crippen molar-refractivity contribution in [2.75, 3.05) is 0 Å². The van der Waals surface area contributed by atoms with E-state index in [0.29, 0.717) is 0 Å². The SMILES string of the molecule is c1cc(-c2cc3ccccc3c3c2oc2ccc4ccccc4c23)cc(-c2cc3ccccc3c3c2oc2ccc4ccccc4c23)c1. The molecule has 0 unspecified atom stereocenters. The van der Waals surface area contributed by atoms with Crippen molar-refractivity contribution < 1.29 is 8.83 Å². The zero-order valence-corrected chi connectivity index (χ0v) is 25.8. The van der Waals surface area contributed by atoms with Gasteiger partial charge in [0.2, 0.25) is 0 Å². The van der Waals surface area contributed by atoms with Crippen LogP contribution in [-0.2, 0) is 0 Å². The Kier molecular flexibility index (Phi) is 5.14. The minimum atomic E-state index is 0.906. The maximum atomic E-state index is 6.79. The van der Waals surface area contributed by atoms with Crippen molar-refractivity contribution in [2.24, 2.45) is 0 Å². The molecule has 0 saturated carbocycles. The van der Waals surface area contributed by atoms with Gasteiger partial charge in [0, 0.05) is 32.7 Å². The molecule has 0 bridgehead atoms. The molecule has 0 aliphatic carbocycles. The molecule has 9 aromatic carbocycles. The Morgan fingerprint density at radius 3 is 1.15 bits per heavy atom. The van der Waals surface area contributed by atoms with Crippen molar-refractivity contribution in [3.05, 3.63) is 158 Å². The van der Waals surface area contributed by atoms with Crippen molar-refractivity contribution in [1.82, 2.24) is 0 Å². The third-order valence-corrected chi connectivity index (χ3v) is 10.2. The fourth-order valence-corrected chi connectivity index (χ4v) is 8.06. The molecule has 11 aromatic rings. The second kappa shape index (κ2) is 9.57. The predicted octanol–water partition coefficient (Wildman–Crippen LogP) is 13.4. The summed E-state index contributed by atoms with van der Waals surface area (Å²) in [5.41, 5.74) is 8.01. The van der Waals surface area contributed by atoms with E-state index in [1.165, 1.54) is 53.9 Å². The summed E-state index contributed by atoms with van der Waals surface area (Å²) < 4.78 is 13.6. The average molecular weight is 611 g/mol. The first-order chi connectivity index (χ1) is 23.8. The summed E-state index contributed by atoms with van der Waals surface area (Å²) in [4.78, 5) is 0. The maximum Gasteiger partial charge on any atom is 0.143 e. The molecule has 0 saturated heterocycles. The second-order valence-electron chi connectivity index (χ2n) is 12.8. The lowest BCUT2D eigenvalue weighted by molar-refractivity contribution is 0.670. The third-order valence-electron chi connectivity index (χ3n) is 10.2. The van der Waals surface area contributed by atoms with Gasteiger partial charge < -0.3 is 8.83 Å². The normalized spacial score (nSPS) is 12.2. The summed E-state index contributed by atoms with van der Waals surface area (Å²) >= 11 is 0. The Hall–Kier alpha value is -6.38. The van der Waals surface area contributed by atoms with Crippen molar-refractivity contribution in [3.63, 3.8) is 0 Å². The summed E-state index contributed by atoms with van der Waals surface area (Å²) in [5, 5.41) is 14.3. The summed E-state index contributed by atoms with van der Waals surface area (Å²) in [6.07, 6.45) is 0. The molecule has 48 heavy (non-hydrogen) atoms. The highest BCUT2D eigenvalue weighted by molar-refractivity contribution is 6.30. The first kappa shape index (κ1) is 25.8. The monoisotopic (exact) mass is 610 g/mol. The van der Waals surface area contributed by atoms with Crippen LogP contribution in [0.4, 0.5) is 0 Å². The highest BCUT2D eigenvalue weighted by Gasteiger charge is 2.21. The molecule has 0 aliphatic rings. The molecule has 0 atom stereocenters. The minimum absolute atomic E-state index is 0.906. The largest absolute Gasteiger partial charge is 0.455 e. The van der Waals surface area contributed by atoms with Crippen molar-refractivity contribution in [2.45, 2.75) is 0 Å². The van der Waals surface area contributed by atoms with Gasteiger partial charge in [-0.25, -0.2) is 0 Å². The highest BCUT2D eigenvalue weighted by Crippen LogP contribution is 2.46. The maximum absolute atomic E-state index is 6.79. The van der Waals surface area contributed by atoms with Gasteiger partial charge in [-0.3, -0.25) is 0 Å². The van der Waals surface area contributed by atoms with Gasteiger partial charge in [-0.15, -0.1) is 0 Å². The minimum Gasteiger partial charge on any atom is -0.455 e. The van der Waals surface area contributed by atoms with E-state index in [2.05, 4.69) is 158 Å². The zero-order valence-electron chi connectivity index (χ0n) is 25.8. The van der Waals surface area contributed by atoms with E-state index in [0.717, 1.165) is 55.4 Å². The fourth-order valence-electron chi connectivity index (χ4n) is 8.06. The molecule has 2 heterocycles. The second-order valence-corrected chi connectivity index (χ2v) is 12.8. The summed E-state index contributed by atoms with van der Waals surface area (Å²) in [6, 6.07) is 56.4.